The van der Waals surface area contributed by atoms with Gasteiger partial charge in [0.05, 0.1) is 5.69 Å². The summed E-state index contributed by atoms with van der Waals surface area (Å²) in [6, 6.07) is 17.5. The third kappa shape index (κ3) is 3.44. The van der Waals surface area contributed by atoms with E-state index in [1.54, 1.807) is 11.0 Å². The van der Waals surface area contributed by atoms with Crippen LogP contribution in [0.15, 0.2) is 72.6 Å². The standard InChI is InChI=1S/C20H18N2OS/c1-3-13-22(19(23)17-7-5-4-6-8-17)20-21-18(14-24-20)16-11-9-15(2)10-12-16/h3-12,14H,1,13H2,2H3. The Morgan fingerprint density at radius 2 is 1.88 bits per heavy atom. The molecule has 3 aromatic rings. The fourth-order valence-electron chi connectivity index (χ4n) is 2.36. The summed E-state index contributed by atoms with van der Waals surface area (Å²) in [6.07, 6.45) is 1.72. The van der Waals surface area contributed by atoms with Crippen molar-refractivity contribution in [2.24, 2.45) is 0 Å². The van der Waals surface area contributed by atoms with E-state index in [0.717, 1.165) is 11.3 Å². The fourth-order valence-corrected chi connectivity index (χ4v) is 3.20. The number of rotatable bonds is 5. The van der Waals surface area contributed by atoms with Gasteiger partial charge in [-0.25, -0.2) is 4.98 Å². The number of carbonyl (C=O) groups is 1. The van der Waals surface area contributed by atoms with Gasteiger partial charge >= 0.3 is 0 Å². The average Bonchev–Trinajstić information content (AvgIpc) is 3.10. The maximum absolute atomic E-state index is 12.8. The molecule has 0 N–H and O–H groups in total. The van der Waals surface area contributed by atoms with Gasteiger partial charge in [0, 0.05) is 23.1 Å². The summed E-state index contributed by atoms with van der Waals surface area (Å²) in [5.41, 5.74) is 3.78. The van der Waals surface area contributed by atoms with Gasteiger partial charge in [-0.2, -0.15) is 0 Å². The lowest BCUT2D eigenvalue weighted by Gasteiger charge is -2.18. The second-order valence-electron chi connectivity index (χ2n) is 5.45. The molecular weight excluding hydrogens is 316 g/mol. The monoisotopic (exact) mass is 334 g/mol. The lowest BCUT2D eigenvalue weighted by Crippen LogP contribution is -2.30. The molecule has 2 aromatic carbocycles. The highest BCUT2D eigenvalue weighted by atomic mass is 32.1. The highest BCUT2D eigenvalue weighted by Gasteiger charge is 2.19. The predicted octanol–water partition coefficient (Wildman–Crippen LogP) is 4.95. The van der Waals surface area contributed by atoms with Gasteiger partial charge in [0.25, 0.3) is 5.91 Å². The van der Waals surface area contributed by atoms with E-state index in [2.05, 4.69) is 30.6 Å². The third-order valence-electron chi connectivity index (χ3n) is 3.65. The van der Waals surface area contributed by atoms with E-state index in [4.69, 9.17) is 0 Å². The Labute approximate surface area is 145 Å². The highest BCUT2D eigenvalue weighted by Crippen LogP contribution is 2.28. The molecule has 3 rings (SSSR count). The van der Waals surface area contributed by atoms with Crippen LogP contribution in [0.3, 0.4) is 0 Å². The lowest BCUT2D eigenvalue weighted by molar-refractivity contribution is 0.0989. The minimum Gasteiger partial charge on any atom is -0.280 e. The van der Waals surface area contributed by atoms with Crippen molar-refractivity contribution < 1.29 is 4.79 Å². The molecule has 0 bridgehead atoms. The molecule has 0 aliphatic carbocycles. The predicted molar refractivity (Wildman–Crippen MR) is 101 cm³/mol. The van der Waals surface area contributed by atoms with Gasteiger partial charge in [0.2, 0.25) is 0 Å². The van der Waals surface area contributed by atoms with E-state index < -0.39 is 0 Å². The fraction of sp³-hybridized carbons (Fsp3) is 0.100. The second kappa shape index (κ2) is 7.23. The molecule has 0 atom stereocenters. The second-order valence-corrected chi connectivity index (χ2v) is 6.29. The first kappa shape index (κ1) is 16.1. The number of hydrogen-bond acceptors (Lipinski definition) is 3. The lowest BCUT2D eigenvalue weighted by atomic mass is 10.1. The van der Waals surface area contributed by atoms with Gasteiger partial charge < -0.3 is 0 Å². The Balaban J connectivity index is 1.91. The summed E-state index contributed by atoms with van der Waals surface area (Å²) in [7, 11) is 0. The number of amides is 1. The maximum Gasteiger partial charge on any atom is 0.260 e. The number of nitrogens with zero attached hydrogens (tertiary/aromatic N) is 2. The quantitative estimate of drug-likeness (QED) is 0.618. The van der Waals surface area contributed by atoms with Crippen LogP contribution in [-0.2, 0) is 0 Å². The molecule has 0 aliphatic rings. The summed E-state index contributed by atoms with van der Waals surface area (Å²) in [6.45, 7) is 6.24. The first-order valence-corrected chi connectivity index (χ1v) is 8.57. The topological polar surface area (TPSA) is 33.2 Å². The smallest absolute Gasteiger partial charge is 0.260 e. The highest BCUT2D eigenvalue weighted by molar-refractivity contribution is 7.14. The number of hydrogen-bond donors (Lipinski definition) is 0. The Morgan fingerprint density at radius 1 is 1.17 bits per heavy atom. The Hall–Kier alpha value is -2.72. The zero-order valence-electron chi connectivity index (χ0n) is 13.5. The van der Waals surface area contributed by atoms with Crippen LogP contribution in [0.2, 0.25) is 0 Å². The number of carbonyl (C=O) groups excluding carboxylic acids is 1. The van der Waals surface area contributed by atoms with Crippen molar-refractivity contribution in [1.82, 2.24) is 4.98 Å². The minimum absolute atomic E-state index is 0.0692. The zero-order valence-corrected chi connectivity index (χ0v) is 14.3. The Kier molecular flexibility index (Phi) is 4.87. The van der Waals surface area contributed by atoms with Crippen molar-refractivity contribution >= 4 is 22.4 Å². The average molecular weight is 334 g/mol. The van der Waals surface area contributed by atoms with Crippen molar-refractivity contribution in [3.8, 4) is 11.3 Å². The molecule has 1 aromatic heterocycles. The van der Waals surface area contributed by atoms with Crippen LogP contribution in [0.5, 0.6) is 0 Å². The molecule has 0 aliphatic heterocycles. The van der Waals surface area contributed by atoms with Gasteiger partial charge in [-0.15, -0.1) is 17.9 Å². The van der Waals surface area contributed by atoms with E-state index >= 15 is 0 Å². The van der Waals surface area contributed by atoms with Crippen molar-refractivity contribution in [2.45, 2.75) is 6.92 Å². The maximum atomic E-state index is 12.8. The molecule has 24 heavy (non-hydrogen) atoms. The number of anilines is 1. The number of aromatic nitrogens is 1. The van der Waals surface area contributed by atoms with Crippen LogP contribution < -0.4 is 4.90 Å². The largest absolute Gasteiger partial charge is 0.280 e. The number of aryl methyl sites for hydroxylation is 1. The first-order chi connectivity index (χ1) is 11.7. The van der Waals surface area contributed by atoms with Gasteiger partial charge in [0.1, 0.15) is 0 Å². The van der Waals surface area contributed by atoms with Crippen LogP contribution >= 0.6 is 11.3 Å². The summed E-state index contributed by atoms with van der Waals surface area (Å²) in [5, 5.41) is 2.66. The number of benzene rings is 2. The third-order valence-corrected chi connectivity index (χ3v) is 4.51. The van der Waals surface area contributed by atoms with Crippen LogP contribution in [0, 0.1) is 6.92 Å². The summed E-state index contributed by atoms with van der Waals surface area (Å²) < 4.78 is 0. The van der Waals surface area contributed by atoms with E-state index in [0.29, 0.717) is 17.2 Å². The number of thiazole rings is 1. The first-order valence-electron chi connectivity index (χ1n) is 7.69. The zero-order chi connectivity index (χ0) is 16.9. The molecule has 4 heteroatoms. The molecule has 1 heterocycles. The van der Waals surface area contributed by atoms with Crippen LogP contribution in [0.1, 0.15) is 15.9 Å². The van der Waals surface area contributed by atoms with Crippen LogP contribution in [-0.4, -0.2) is 17.4 Å². The van der Waals surface area contributed by atoms with E-state index in [1.807, 2.05) is 47.8 Å². The minimum atomic E-state index is -0.0692. The molecule has 120 valence electrons. The molecule has 0 saturated heterocycles. The molecular formula is C20H18N2OS. The summed E-state index contributed by atoms with van der Waals surface area (Å²) >= 11 is 1.47. The van der Waals surface area contributed by atoms with Crippen molar-refractivity contribution in [3.05, 3.63) is 83.8 Å². The van der Waals surface area contributed by atoms with Crippen molar-refractivity contribution in [2.75, 3.05) is 11.4 Å². The Bertz CT molecular complexity index is 838. The molecule has 0 spiro atoms. The Morgan fingerprint density at radius 3 is 2.54 bits per heavy atom. The molecule has 1 amide bonds. The molecule has 0 fully saturated rings. The van der Waals surface area contributed by atoms with Gasteiger partial charge in [-0.05, 0) is 19.1 Å². The van der Waals surface area contributed by atoms with Gasteiger partial charge in [-0.3, -0.25) is 9.69 Å². The van der Waals surface area contributed by atoms with Crippen molar-refractivity contribution in [1.29, 1.82) is 0 Å². The molecule has 0 radical (unpaired) electrons. The van der Waals surface area contributed by atoms with Crippen LogP contribution in [0.25, 0.3) is 11.3 Å². The van der Waals surface area contributed by atoms with Crippen molar-refractivity contribution in [3.63, 3.8) is 0 Å². The van der Waals surface area contributed by atoms with E-state index in [-0.39, 0.29) is 5.91 Å². The van der Waals surface area contributed by atoms with E-state index in [1.165, 1.54) is 16.9 Å². The molecule has 0 unspecified atom stereocenters. The van der Waals surface area contributed by atoms with Gasteiger partial charge in [0.15, 0.2) is 5.13 Å². The SMILES string of the molecule is C=CCN(C(=O)c1ccccc1)c1nc(-c2ccc(C)cc2)cs1. The molecule has 3 nitrogen and oxygen atoms in total. The van der Waals surface area contributed by atoms with Gasteiger partial charge in [-0.1, -0.05) is 54.1 Å². The van der Waals surface area contributed by atoms with E-state index in [9.17, 15) is 4.79 Å². The summed E-state index contributed by atoms with van der Waals surface area (Å²) in [4.78, 5) is 19.1. The molecule has 0 saturated carbocycles. The van der Waals surface area contributed by atoms with Crippen LogP contribution in [0.4, 0.5) is 5.13 Å². The normalized spacial score (nSPS) is 10.4. The summed E-state index contributed by atoms with van der Waals surface area (Å²) in [5.74, 6) is -0.0692.